The second kappa shape index (κ2) is 9.87. The summed E-state index contributed by atoms with van der Waals surface area (Å²) in [6.45, 7) is 3.84. The lowest BCUT2D eigenvalue weighted by Gasteiger charge is -2.32. The molecule has 2 aliphatic rings. The first-order chi connectivity index (χ1) is 16.3. The normalized spacial score (nSPS) is 17.0. The molecule has 1 unspecified atom stereocenters. The van der Waals surface area contributed by atoms with Gasteiger partial charge in [-0.25, -0.2) is 4.79 Å². The summed E-state index contributed by atoms with van der Waals surface area (Å²) < 4.78 is 5.61. The first-order valence-electron chi connectivity index (χ1n) is 11.9. The van der Waals surface area contributed by atoms with E-state index in [0.29, 0.717) is 12.8 Å². The first-order valence-corrected chi connectivity index (χ1v) is 11.9. The lowest BCUT2D eigenvalue weighted by atomic mass is 9.91. The first kappa shape index (κ1) is 23.8. The number of carbonyl (C=O) groups excluding carboxylic acids is 2. The van der Waals surface area contributed by atoms with Crippen LogP contribution in [-0.4, -0.2) is 41.3 Å². The van der Waals surface area contributed by atoms with Crippen LogP contribution in [-0.2, 0) is 14.3 Å². The highest BCUT2D eigenvalue weighted by Gasteiger charge is 2.40. The van der Waals surface area contributed by atoms with Gasteiger partial charge in [-0.3, -0.25) is 9.59 Å². The molecule has 2 amide bonds. The summed E-state index contributed by atoms with van der Waals surface area (Å²) in [6.07, 6.45) is 2.23. The third-order valence-electron chi connectivity index (χ3n) is 7.00. The predicted octanol–water partition coefficient (Wildman–Crippen LogP) is 4.45. The van der Waals surface area contributed by atoms with Crippen molar-refractivity contribution in [3.8, 4) is 11.1 Å². The third kappa shape index (κ3) is 4.93. The van der Waals surface area contributed by atoms with E-state index in [1.807, 2.05) is 38.1 Å². The summed E-state index contributed by atoms with van der Waals surface area (Å²) >= 11 is 0. The van der Waals surface area contributed by atoms with E-state index >= 15 is 0 Å². The molecule has 0 aliphatic heterocycles. The van der Waals surface area contributed by atoms with Crippen LogP contribution in [0.15, 0.2) is 48.5 Å². The van der Waals surface area contributed by atoms with Gasteiger partial charge in [-0.1, -0.05) is 75.2 Å². The second-order valence-electron chi connectivity index (χ2n) is 9.74. The van der Waals surface area contributed by atoms with Crippen molar-refractivity contribution in [1.29, 1.82) is 0 Å². The summed E-state index contributed by atoms with van der Waals surface area (Å²) in [6, 6.07) is 15.4. The smallest absolute Gasteiger partial charge is 0.407 e. The molecule has 7 heteroatoms. The predicted molar refractivity (Wildman–Crippen MR) is 128 cm³/mol. The van der Waals surface area contributed by atoms with Crippen LogP contribution >= 0.6 is 0 Å². The van der Waals surface area contributed by atoms with Gasteiger partial charge < -0.3 is 20.5 Å². The lowest BCUT2D eigenvalue weighted by molar-refractivity contribution is -0.139. The van der Waals surface area contributed by atoms with Crippen molar-refractivity contribution in [1.82, 2.24) is 10.6 Å². The molecule has 1 saturated carbocycles. The number of aliphatic carboxylic acids is 1. The standard InChI is InChI=1S/C27H32N2O5/c1-17(2)24(25(32)29-27(15-23(30)31)13-7-8-14-27)28-26(33)34-16-22-20-11-5-3-9-18(20)19-10-4-6-12-21(19)22/h3-6,9-12,17,22,24H,7-8,13-16H2,1-2H3,(H,28,33)(H,29,32)(H,30,31). The number of benzene rings is 2. The molecular weight excluding hydrogens is 432 g/mol. The Kier molecular flexibility index (Phi) is 6.91. The van der Waals surface area contributed by atoms with Crippen LogP contribution in [0.25, 0.3) is 11.1 Å². The molecule has 0 heterocycles. The van der Waals surface area contributed by atoms with Crippen molar-refractivity contribution < 1.29 is 24.2 Å². The number of carboxylic acids is 1. The molecule has 2 aromatic rings. The minimum Gasteiger partial charge on any atom is -0.481 e. The fourth-order valence-electron chi connectivity index (χ4n) is 5.33. The maximum Gasteiger partial charge on any atom is 0.407 e. The Labute approximate surface area is 199 Å². The summed E-state index contributed by atoms with van der Waals surface area (Å²) in [4.78, 5) is 37.2. The number of ether oxygens (including phenoxy) is 1. The van der Waals surface area contributed by atoms with Gasteiger partial charge in [0.15, 0.2) is 0 Å². The lowest BCUT2D eigenvalue weighted by Crippen LogP contribution is -2.57. The van der Waals surface area contributed by atoms with Gasteiger partial charge >= 0.3 is 12.1 Å². The number of alkyl carbamates (subject to hydrolysis) is 1. The van der Waals surface area contributed by atoms with Gasteiger partial charge in [0.25, 0.3) is 0 Å². The Balaban J connectivity index is 1.41. The molecule has 2 aliphatic carbocycles. The number of carboxylic acid groups (broad SMARTS) is 1. The number of fused-ring (bicyclic) bond motifs is 3. The molecule has 180 valence electrons. The van der Waals surface area contributed by atoms with E-state index in [-0.39, 0.29) is 30.8 Å². The van der Waals surface area contributed by atoms with Crippen LogP contribution in [0, 0.1) is 5.92 Å². The Hall–Kier alpha value is -3.35. The molecule has 7 nitrogen and oxygen atoms in total. The zero-order chi connectivity index (χ0) is 24.3. The van der Waals surface area contributed by atoms with Gasteiger partial charge in [0, 0.05) is 5.92 Å². The Morgan fingerprint density at radius 2 is 1.56 bits per heavy atom. The molecule has 1 fully saturated rings. The number of amides is 2. The van der Waals surface area contributed by atoms with Gasteiger partial charge in [0.2, 0.25) is 5.91 Å². The molecule has 0 spiro atoms. The SMILES string of the molecule is CC(C)C(NC(=O)OCC1c2ccccc2-c2ccccc21)C(=O)NC1(CC(=O)O)CCCC1. The zero-order valence-corrected chi connectivity index (χ0v) is 19.7. The molecule has 0 radical (unpaired) electrons. The van der Waals surface area contributed by atoms with Crippen LogP contribution < -0.4 is 10.6 Å². The highest BCUT2D eigenvalue weighted by Crippen LogP contribution is 2.44. The van der Waals surface area contributed by atoms with Crippen molar-refractivity contribution in [3.63, 3.8) is 0 Å². The number of carbonyl (C=O) groups is 3. The highest BCUT2D eigenvalue weighted by molar-refractivity contribution is 5.87. The van der Waals surface area contributed by atoms with Crippen LogP contribution in [0.3, 0.4) is 0 Å². The van der Waals surface area contributed by atoms with Crippen LogP contribution in [0.5, 0.6) is 0 Å². The maximum absolute atomic E-state index is 13.1. The summed E-state index contributed by atoms with van der Waals surface area (Å²) in [7, 11) is 0. The molecule has 0 aromatic heterocycles. The van der Waals surface area contributed by atoms with E-state index in [9.17, 15) is 19.5 Å². The Morgan fingerprint density at radius 3 is 2.09 bits per heavy atom. The van der Waals surface area contributed by atoms with E-state index in [4.69, 9.17) is 4.74 Å². The number of hydrogen-bond donors (Lipinski definition) is 3. The summed E-state index contributed by atoms with van der Waals surface area (Å²) in [5, 5.41) is 15.0. The van der Waals surface area contributed by atoms with Gasteiger partial charge in [-0.15, -0.1) is 0 Å². The average molecular weight is 465 g/mol. The number of hydrogen-bond acceptors (Lipinski definition) is 4. The van der Waals surface area contributed by atoms with E-state index in [0.717, 1.165) is 35.1 Å². The quantitative estimate of drug-likeness (QED) is 0.535. The van der Waals surface area contributed by atoms with Crippen molar-refractivity contribution in [2.24, 2.45) is 5.92 Å². The number of rotatable bonds is 8. The van der Waals surface area contributed by atoms with E-state index < -0.39 is 23.6 Å². The number of nitrogens with one attached hydrogen (secondary N) is 2. The van der Waals surface area contributed by atoms with E-state index in [2.05, 4.69) is 34.9 Å². The van der Waals surface area contributed by atoms with Gasteiger partial charge in [-0.2, -0.15) is 0 Å². The molecule has 0 bridgehead atoms. The van der Waals surface area contributed by atoms with Crippen LogP contribution in [0.1, 0.15) is 63.0 Å². The largest absolute Gasteiger partial charge is 0.481 e. The van der Waals surface area contributed by atoms with E-state index in [1.54, 1.807) is 0 Å². The maximum atomic E-state index is 13.1. The van der Waals surface area contributed by atoms with Crippen molar-refractivity contribution in [2.75, 3.05) is 6.61 Å². The molecule has 4 rings (SSSR count). The minimum absolute atomic E-state index is 0.0678. The Morgan fingerprint density at radius 1 is 1.00 bits per heavy atom. The molecule has 0 saturated heterocycles. The second-order valence-corrected chi connectivity index (χ2v) is 9.74. The van der Waals surface area contributed by atoms with Crippen LogP contribution in [0.4, 0.5) is 4.79 Å². The van der Waals surface area contributed by atoms with E-state index in [1.165, 1.54) is 0 Å². The molecule has 3 N–H and O–H groups in total. The fraction of sp³-hybridized carbons (Fsp3) is 0.444. The highest BCUT2D eigenvalue weighted by atomic mass is 16.5. The van der Waals surface area contributed by atoms with Crippen LogP contribution in [0.2, 0.25) is 0 Å². The zero-order valence-electron chi connectivity index (χ0n) is 19.7. The third-order valence-corrected chi connectivity index (χ3v) is 7.00. The average Bonchev–Trinajstić information content (AvgIpc) is 3.37. The van der Waals surface area contributed by atoms with Crippen molar-refractivity contribution in [2.45, 2.75) is 63.5 Å². The fourth-order valence-corrected chi connectivity index (χ4v) is 5.33. The van der Waals surface area contributed by atoms with Gasteiger partial charge in [0.05, 0.1) is 12.0 Å². The van der Waals surface area contributed by atoms with Crippen molar-refractivity contribution >= 4 is 18.0 Å². The molecule has 1 atom stereocenters. The molecule has 2 aromatic carbocycles. The van der Waals surface area contributed by atoms with Crippen molar-refractivity contribution in [3.05, 3.63) is 59.7 Å². The minimum atomic E-state index is -0.937. The molecule has 34 heavy (non-hydrogen) atoms. The van der Waals surface area contributed by atoms with Gasteiger partial charge in [0.1, 0.15) is 12.6 Å². The summed E-state index contributed by atoms with van der Waals surface area (Å²) in [5.74, 6) is -1.56. The topological polar surface area (TPSA) is 105 Å². The van der Waals surface area contributed by atoms with Gasteiger partial charge in [-0.05, 0) is 41.0 Å². The Bertz CT molecular complexity index is 1030. The molecular formula is C27H32N2O5. The monoisotopic (exact) mass is 464 g/mol. The summed E-state index contributed by atoms with van der Waals surface area (Å²) in [5.41, 5.74) is 3.77.